The van der Waals surface area contributed by atoms with Crippen molar-refractivity contribution in [2.24, 2.45) is 0 Å². The van der Waals surface area contributed by atoms with Gasteiger partial charge >= 0.3 is 5.97 Å². The van der Waals surface area contributed by atoms with Gasteiger partial charge in [-0.25, -0.2) is 4.79 Å². The van der Waals surface area contributed by atoms with Crippen molar-refractivity contribution in [3.8, 4) is 0 Å². The summed E-state index contributed by atoms with van der Waals surface area (Å²) in [5.74, 6) is -1.01. The molecule has 1 unspecified atom stereocenters. The molecule has 0 aromatic heterocycles. The Hall–Kier alpha value is -1.26. The molecule has 0 saturated heterocycles. The largest absolute Gasteiger partial charge is 0.478 e. The summed E-state index contributed by atoms with van der Waals surface area (Å²) in [4.78, 5) is 10.7. The Balaban J connectivity index is 2.85. The van der Waals surface area contributed by atoms with Crippen LogP contribution in [0.25, 0.3) is 0 Å². The standard InChI is InChI=1S/C10H12ClNO3/c1-6(13)5-12-9-4-7(10(14)15)2-3-8(9)11/h2-4,6,12-13H,5H2,1H3,(H,14,15). The van der Waals surface area contributed by atoms with Gasteiger partial charge in [-0.2, -0.15) is 0 Å². The average molecular weight is 230 g/mol. The summed E-state index contributed by atoms with van der Waals surface area (Å²) in [6.45, 7) is 1.95. The maximum Gasteiger partial charge on any atom is 0.335 e. The minimum Gasteiger partial charge on any atom is -0.478 e. The first kappa shape index (κ1) is 11.8. The van der Waals surface area contributed by atoms with E-state index in [-0.39, 0.29) is 5.56 Å². The SMILES string of the molecule is CC(O)CNc1cc(C(=O)O)ccc1Cl. The lowest BCUT2D eigenvalue weighted by molar-refractivity contribution is 0.0697. The topological polar surface area (TPSA) is 69.6 Å². The molecule has 5 heteroatoms. The van der Waals surface area contributed by atoms with Gasteiger partial charge in [0.1, 0.15) is 0 Å². The van der Waals surface area contributed by atoms with E-state index in [2.05, 4.69) is 5.32 Å². The highest BCUT2D eigenvalue weighted by molar-refractivity contribution is 6.33. The number of halogens is 1. The van der Waals surface area contributed by atoms with Gasteiger partial charge in [0.2, 0.25) is 0 Å². The third-order valence-electron chi connectivity index (χ3n) is 1.80. The second-order valence-electron chi connectivity index (χ2n) is 3.23. The molecule has 1 atom stereocenters. The number of aliphatic hydroxyl groups excluding tert-OH is 1. The summed E-state index contributed by atoms with van der Waals surface area (Å²) in [5, 5.41) is 21.1. The predicted molar refractivity (Wildman–Crippen MR) is 58.6 cm³/mol. The highest BCUT2D eigenvalue weighted by Crippen LogP contribution is 2.22. The summed E-state index contributed by atoms with van der Waals surface area (Å²) in [6, 6.07) is 4.38. The fraction of sp³-hybridized carbons (Fsp3) is 0.300. The molecule has 0 aliphatic carbocycles. The van der Waals surface area contributed by atoms with Gasteiger partial charge in [-0.15, -0.1) is 0 Å². The van der Waals surface area contributed by atoms with E-state index in [9.17, 15) is 4.79 Å². The van der Waals surface area contributed by atoms with Crippen LogP contribution < -0.4 is 5.32 Å². The van der Waals surface area contributed by atoms with Crippen LogP contribution in [-0.4, -0.2) is 28.8 Å². The van der Waals surface area contributed by atoms with Crippen LogP contribution in [-0.2, 0) is 0 Å². The number of anilines is 1. The molecule has 0 amide bonds. The van der Waals surface area contributed by atoms with E-state index in [0.717, 1.165) is 0 Å². The third-order valence-corrected chi connectivity index (χ3v) is 2.13. The molecular weight excluding hydrogens is 218 g/mol. The highest BCUT2D eigenvalue weighted by atomic mass is 35.5. The van der Waals surface area contributed by atoms with E-state index in [1.807, 2.05) is 0 Å². The van der Waals surface area contributed by atoms with Crippen LogP contribution >= 0.6 is 11.6 Å². The fourth-order valence-corrected chi connectivity index (χ4v) is 1.24. The molecule has 0 heterocycles. The summed E-state index contributed by atoms with van der Waals surface area (Å²) >= 11 is 5.85. The number of hydrogen-bond donors (Lipinski definition) is 3. The van der Waals surface area contributed by atoms with Crippen LogP contribution in [0.5, 0.6) is 0 Å². The molecule has 3 N–H and O–H groups in total. The summed E-state index contributed by atoms with van der Waals surface area (Å²) < 4.78 is 0. The normalized spacial score (nSPS) is 12.2. The number of aliphatic hydroxyl groups is 1. The molecule has 0 saturated carbocycles. The lowest BCUT2D eigenvalue weighted by atomic mass is 10.2. The van der Waals surface area contributed by atoms with Crippen molar-refractivity contribution in [2.75, 3.05) is 11.9 Å². The fourth-order valence-electron chi connectivity index (χ4n) is 1.05. The van der Waals surface area contributed by atoms with Gasteiger partial charge in [-0.1, -0.05) is 11.6 Å². The van der Waals surface area contributed by atoms with Gasteiger partial charge in [0.05, 0.1) is 22.4 Å². The van der Waals surface area contributed by atoms with Gasteiger partial charge in [-0.3, -0.25) is 0 Å². The highest BCUT2D eigenvalue weighted by Gasteiger charge is 2.07. The van der Waals surface area contributed by atoms with Crippen molar-refractivity contribution in [1.29, 1.82) is 0 Å². The minimum absolute atomic E-state index is 0.160. The molecule has 1 aromatic rings. The zero-order chi connectivity index (χ0) is 11.4. The number of carboxylic acids is 1. The van der Waals surface area contributed by atoms with E-state index < -0.39 is 12.1 Å². The van der Waals surface area contributed by atoms with Crippen LogP contribution in [0, 0.1) is 0 Å². The number of carbonyl (C=O) groups is 1. The van der Waals surface area contributed by atoms with E-state index >= 15 is 0 Å². The first-order valence-electron chi connectivity index (χ1n) is 4.45. The number of aromatic carboxylic acids is 1. The number of nitrogens with one attached hydrogen (secondary N) is 1. The van der Waals surface area contributed by atoms with Crippen molar-refractivity contribution < 1.29 is 15.0 Å². The van der Waals surface area contributed by atoms with Crippen molar-refractivity contribution in [2.45, 2.75) is 13.0 Å². The van der Waals surface area contributed by atoms with Crippen LogP contribution in [0.1, 0.15) is 17.3 Å². The Bertz CT molecular complexity index is 366. The lowest BCUT2D eigenvalue weighted by Gasteiger charge is -2.10. The summed E-state index contributed by atoms with van der Waals surface area (Å²) in [7, 11) is 0. The summed E-state index contributed by atoms with van der Waals surface area (Å²) in [6.07, 6.45) is -0.519. The molecule has 4 nitrogen and oxygen atoms in total. The molecule has 1 rings (SSSR count). The molecular formula is C10H12ClNO3. The number of benzene rings is 1. The van der Waals surface area contributed by atoms with Gasteiger partial charge in [0.25, 0.3) is 0 Å². The molecule has 1 aromatic carbocycles. The molecule has 0 spiro atoms. The smallest absolute Gasteiger partial charge is 0.335 e. The predicted octanol–water partition coefficient (Wildman–Crippen LogP) is 1.83. The van der Waals surface area contributed by atoms with Crippen molar-refractivity contribution in [1.82, 2.24) is 0 Å². The number of hydrogen-bond acceptors (Lipinski definition) is 3. The molecule has 0 fully saturated rings. The monoisotopic (exact) mass is 229 g/mol. The Labute approximate surface area is 92.5 Å². The first-order valence-corrected chi connectivity index (χ1v) is 4.83. The number of carboxylic acid groups (broad SMARTS) is 1. The van der Waals surface area contributed by atoms with Crippen molar-refractivity contribution in [3.05, 3.63) is 28.8 Å². The van der Waals surface area contributed by atoms with E-state index in [0.29, 0.717) is 17.3 Å². The van der Waals surface area contributed by atoms with Crippen molar-refractivity contribution in [3.63, 3.8) is 0 Å². The molecule has 0 radical (unpaired) electrons. The lowest BCUT2D eigenvalue weighted by Crippen LogP contribution is -2.15. The van der Waals surface area contributed by atoms with Crippen LogP contribution in [0.3, 0.4) is 0 Å². The quantitative estimate of drug-likeness (QED) is 0.737. The second-order valence-corrected chi connectivity index (χ2v) is 3.64. The van der Waals surface area contributed by atoms with Crippen LogP contribution in [0.15, 0.2) is 18.2 Å². The van der Waals surface area contributed by atoms with E-state index in [1.54, 1.807) is 6.92 Å². The van der Waals surface area contributed by atoms with Gasteiger partial charge in [0, 0.05) is 6.54 Å². The van der Waals surface area contributed by atoms with Gasteiger partial charge in [-0.05, 0) is 25.1 Å². The van der Waals surface area contributed by atoms with Gasteiger partial charge in [0.15, 0.2) is 0 Å². The van der Waals surface area contributed by atoms with Crippen LogP contribution in [0.2, 0.25) is 5.02 Å². The molecule has 0 bridgehead atoms. The van der Waals surface area contributed by atoms with E-state index in [1.165, 1.54) is 18.2 Å². The molecule has 15 heavy (non-hydrogen) atoms. The molecule has 82 valence electrons. The zero-order valence-corrected chi connectivity index (χ0v) is 8.95. The van der Waals surface area contributed by atoms with Crippen molar-refractivity contribution >= 4 is 23.3 Å². The number of rotatable bonds is 4. The molecule has 0 aliphatic heterocycles. The maximum atomic E-state index is 10.7. The Morgan fingerprint density at radius 2 is 2.27 bits per heavy atom. The average Bonchev–Trinajstić information content (AvgIpc) is 2.16. The van der Waals surface area contributed by atoms with Gasteiger partial charge < -0.3 is 15.5 Å². The second kappa shape index (κ2) is 5.00. The first-order chi connectivity index (χ1) is 7.00. The summed E-state index contributed by atoms with van der Waals surface area (Å²) in [5.41, 5.74) is 0.671. The molecule has 0 aliphatic rings. The van der Waals surface area contributed by atoms with E-state index in [4.69, 9.17) is 21.8 Å². The Morgan fingerprint density at radius 3 is 2.80 bits per heavy atom. The zero-order valence-electron chi connectivity index (χ0n) is 8.20. The Kier molecular flexibility index (Phi) is 3.94. The third kappa shape index (κ3) is 3.42. The minimum atomic E-state index is -1.01. The van der Waals surface area contributed by atoms with Crippen LogP contribution in [0.4, 0.5) is 5.69 Å². The maximum absolute atomic E-state index is 10.7. The Morgan fingerprint density at radius 1 is 1.60 bits per heavy atom.